The Bertz CT molecular complexity index is 858. The van der Waals surface area contributed by atoms with Crippen LogP contribution in [0, 0.1) is 5.92 Å². The Morgan fingerprint density at radius 1 is 1.25 bits per heavy atom. The Morgan fingerprint density at radius 2 is 1.96 bits per heavy atom. The van der Waals surface area contributed by atoms with Gasteiger partial charge in [-0.25, -0.2) is 8.42 Å². The fourth-order valence-electron chi connectivity index (χ4n) is 4.90. The van der Waals surface area contributed by atoms with Crippen molar-refractivity contribution in [2.24, 2.45) is 5.92 Å². The molecule has 154 valence electrons. The SMILES string of the molecule is CC1[C@@H]2[C@@H](C(=O)N3CCOCC3)C[C@H](CN1S(=O)(=O)c1cccc(Cl)c1)N2C. The smallest absolute Gasteiger partial charge is 0.243 e. The van der Waals surface area contributed by atoms with E-state index in [4.69, 9.17) is 16.3 Å². The first kappa shape index (κ1) is 20.1. The average Bonchev–Trinajstić information content (AvgIpc) is 2.91. The molecule has 3 aliphatic rings. The molecule has 3 heterocycles. The van der Waals surface area contributed by atoms with Gasteiger partial charge in [0.15, 0.2) is 0 Å². The van der Waals surface area contributed by atoms with Crippen molar-refractivity contribution in [2.45, 2.75) is 36.4 Å². The maximum atomic E-state index is 13.3. The van der Waals surface area contributed by atoms with Crippen molar-refractivity contribution in [3.05, 3.63) is 29.3 Å². The topological polar surface area (TPSA) is 70.2 Å². The Hall–Kier alpha value is -1.19. The molecule has 0 spiro atoms. The molecule has 28 heavy (non-hydrogen) atoms. The highest BCUT2D eigenvalue weighted by molar-refractivity contribution is 7.89. The molecule has 7 nitrogen and oxygen atoms in total. The van der Waals surface area contributed by atoms with Gasteiger partial charge in [0.2, 0.25) is 15.9 Å². The maximum absolute atomic E-state index is 13.3. The van der Waals surface area contributed by atoms with Crippen molar-refractivity contribution in [3.8, 4) is 0 Å². The summed E-state index contributed by atoms with van der Waals surface area (Å²) in [6.07, 6.45) is 0.684. The number of morpholine rings is 1. The normalized spacial score (nSPS) is 31.9. The zero-order valence-corrected chi connectivity index (χ0v) is 17.7. The van der Waals surface area contributed by atoms with Crippen LogP contribution in [0.1, 0.15) is 13.3 Å². The van der Waals surface area contributed by atoms with E-state index in [2.05, 4.69) is 4.90 Å². The van der Waals surface area contributed by atoms with Crippen LogP contribution in [0.15, 0.2) is 29.2 Å². The maximum Gasteiger partial charge on any atom is 0.243 e. The molecule has 4 atom stereocenters. The number of carbonyl (C=O) groups is 1. The Labute approximate surface area is 171 Å². The Morgan fingerprint density at radius 3 is 2.64 bits per heavy atom. The van der Waals surface area contributed by atoms with Crippen molar-refractivity contribution >= 4 is 27.5 Å². The van der Waals surface area contributed by atoms with Crippen LogP contribution >= 0.6 is 11.6 Å². The molecule has 0 aliphatic carbocycles. The van der Waals surface area contributed by atoms with Crippen LogP contribution in [-0.4, -0.2) is 86.5 Å². The molecule has 0 radical (unpaired) electrons. The fraction of sp³-hybridized carbons (Fsp3) is 0.632. The van der Waals surface area contributed by atoms with Gasteiger partial charge in [-0.1, -0.05) is 17.7 Å². The highest BCUT2D eigenvalue weighted by Gasteiger charge is 2.54. The highest BCUT2D eigenvalue weighted by atomic mass is 35.5. The first-order valence-electron chi connectivity index (χ1n) is 9.66. The predicted molar refractivity (Wildman–Crippen MR) is 106 cm³/mol. The molecule has 3 aliphatic heterocycles. The predicted octanol–water partition coefficient (Wildman–Crippen LogP) is 1.28. The number of ether oxygens (including phenoxy) is 1. The number of sulfonamides is 1. The summed E-state index contributed by atoms with van der Waals surface area (Å²) in [4.78, 5) is 17.4. The number of halogens is 1. The largest absolute Gasteiger partial charge is 0.378 e. The molecule has 4 rings (SSSR count). The molecule has 1 amide bonds. The zero-order chi connectivity index (χ0) is 20.1. The second-order valence-corrected chi connectivity index (χ2v) is 10.2. The molecule has 1 aromatic rings. The lowest BCUT2D eigenvalue weighted by Gasteiger charge is -2.44. The quantitative estimate of drug-likeness (QED) is 0.726. The van der Waals surface area contributed by atoms with E-state index < -0.39 is 10.0 Å². The number of benzene rings is 1. The van der Waals surface area contributed by atoms with Gasteiger partial charge in [0.25, 0.3) is 0 Å². The van der Waals surface area contributed by atoms with Gasteiger partial charge in [0, 0.05) is 42.8 Å². The molecule has 9 heteroatoms. The number of hydrogen-bond donors (Lipinski definition) is 0. The lowest BCUT2D eigenvalue weighted by Crippen LogP contribution is -2.60. The van der Waals surface area contributed by atoms with Gasteiger partial charge in [-0.3, -0.25) is 9.69 Å². The molecule has 0 saturated carbocycles. The number of hydrogen-bond acceptors (Lipinski definition) is 5. The molecule has 3 fully saturated rings. The second-order valence-electron chi connectivity index (χ2n) is 7.86. The fourth-order valence-corrected chi connectivity index (χ4v) is 6.88. The minimum absolute atomic E-state index is 0.0325. The van der Waals surface area contributed by atoms with E-state index in [1.807, 2.05) is 18.9 Å². The lowest BCUT2D eigenvalue weighted by molar-refractivity contribution is -0.140. The van der Waals surface area contributed by atoms with Gasteiger partial charge in [-0.15, -0.1) is 0 Å². The first-order chi connectivity index (χ1) is 13.3. The number of fused-ring (bicyclic) bond motifs is 2. The van der Waals surface area contributed by atoms with Crippen LogP contribution in [0.5, 0.6) is 0 Å². The summed E-state index contributed by atoms with van der Waals surface area (Å²) in [7, 11) is -1.68. The minimum Gasteiger partial charge on any atom is -0.378 e. The van der Waals surface area contributed by atoms with Crippen LogP contribution in [0.3, 0.4) is 0 Å². The van der Waals surface area contributed by atoms with Crippen molar-refractivity contribution in [3.63, 3.8) is 0 Å². The lowest BCUT2D eigenvalue weighted by atomic mass is 9.93. The Kier molecular flexibility index (Phi) is 5.43. The van der Waals surface area contributed by atoms with E-state index in [0.717, 1.165) is 0 Å². The van der Waals surface area contributed by atoms with E-state index in [0.29, 0.717) is 44.3 Å². The summed E-state index contributed by atoms with van der Waals surface area (Å²) in [5.41, 5.74) is 0. The molecular weight excluding hydrogens is 402 g/mol. The van der Waals surface area contributed by atoms with E-state index >= 15 is 0 Å². The zero-order valence-electron chi connectivity index (χ0n) is 16.1. The summed E-state index contributed by atoms with van der Waals surface area (Å²) in [6.45, 7) is 4.63. The number of amides is 1. The van der Waals surface area contributed by atoms with Crippen molar-refractivity contribution < 1.29 is 17.9 Å². The number of likely N-dealkylation sites (N-methyl/N-ethyl adjacent to an activating group) is 1. The third-order valence-corrected chi connectivity index (χ3v) is 8.55. The summed E-state index contributed by atoms with van der Waals surface area (Å²) in [5.74, 6) is -0.0702. The summed E-state index contributed by atoms with van der Waals surface area (Å²) >= 11 is 6.02. The Balaban J connectivity index is 1.60. The van der Waals surface area contributed by atoms with Crippen LogP contribution in [0.2, 0.25) is 5.02 Å². The highest BCUT2D eigenvalue weighted by Crippen LogP contribution is 2.40. The van der Waals surface area contributed by atoms with E-state index in [1.165, 1.54) is 6.07 Å². The molecular formula is C19H26ClN3O4S. The van der Waals surface area contributed by atoms with Crippen LogP contribution < -0.4 is 0 Å². The molecule has 3 saturated heterocycles. The van der Waals surface area contributed by atoms with E-state index in [1.54, 1.807) is 22.5 Å². The van der Waals surface area contributed by atoms with Crippen molar-refractivity contribution in [2.75, 3.05) is 39.9 Å². The number of carbonyl (C=O) groups excluding carboxylic acids is 1. The van der Waals surface area contributed by atoms with Gasteiger partial charge in [0.1, 0.15) is 0 Å². The van der Waals surface area contributed by atoms with Crippen LogP contribution in [0.4, 0.5) is 0 Å². The van der Waals surface area contributed by atoms with Gasteiger partial charge in [-0.2, -0.15) is 4.31 Å². The number of nitrogens with zero attached hydrogens (tertiary/aromatic N) is 3. The second kappa shape index (κ2) is 7.57. The van der Waals surface area contributed by atoms with Crippen LogP contribution in [0.25, 0.3) is 0 Å². The average molecular weight is 428 g/mol. The van der Waals surface area contributed by atoms with E-state index in [9.17, 15) is 13.2 Å². The van der Waals surface area contributed by atoms with Gasteiger partial charge in [-0.05, 0) is 38.6 Å². The molecule has 2 bridgehead atoms. The van der Waals surface area contributed by atoms with E-state index in [-0.39, 0.29) is 34.8 Å². The summed E-state index contributed by atoms with van der Waals surface area (Å²) in [5, 5.41) is 0.395. The van der Waals surface area contributed by atoms with Gasteiger partial charge < -0.3 is 9.64 Å². The van der Waals surface area contributed by atoms with Crippen LogP contribution in [-0.2, 0) is 19.6 Å². The van der Waals surface area contributed by atoms with Crippen molar-refractivity contribution in [1.82, 2.24) is 14.1 Å². The minimum atomic E-state index is -3.68. The monoisotopic (exact) mass is 427 g/mol. The summed E-state index contributed by atoms with van der Waals surface area (Å²) in [6, 6.07) is 5.96. The first-order valence-corrected chi connectivity index (χ1v) is 11.5. The van der Waals surface area contributed by atoms with Crippen molar-refractivity contribution in [1.29, 1.82) is 0 Å². The molecule has 0 aromatic heterocycles. The number of piperazine rings is 1. The molecule has 0 N–H and O–H groups in total. The number of rotatable bonds is 3. The van der Waals surface area contributed by atoms with Gasteiger partial charge >= 0.3 is 0 Å². The molecule has 1 unspecified atom stereocenters. The molecule has 1 aromatic carbocycles. The summed E-state index contributed by atoms with van der Waals surface area (Å²) < 4.78 is 33.5. The van der Waals surface area contributed by atoms with Gasteiger partial charge in [0.05, 0.1) is 24.0 Å². The third-order valence-electron chi connectivity index (χ3n) is 6.37. The third kappa shape index (κ3) is 3.35. The standard InChI is InChI=1S/C19H26ClN3O4S/c1-13-18-17(19(24)22-6-8-27-9-7-22)11-15(21(18)2)12-23(13)28(25,26)16-5-3-4-14(20)10-16/h3-5,10,13,15,17-18H,6-9,11-12H2,1-2H3/t13?,15-,17+,18-/m1/s1.